The monoisotopic (exact) mass is 146 g/mol. The molecule has 0 aromatic rings. The summed E-state index contributed by atoms with van der Waals surface area (Å²) < 4.78 is 0. The maximum Gasteiger partial charge on any atom is 0.185 e. The summed E-state index contributed by atoms with van der Waals surface area (Å²) in [4.78, 5) is 20.6. The van der Waals surface area contributed by atoms with Gasteiger partial charge in [0.1, 0.15) is 5.78 Å². The maximum atomic E-state index is 10.3. The smallest absolute Gasteiger partial charge is 0.185 e. The number of hydrogen-bond donors (Lipinski definition) is 0. The van der Waals surface area contributed by atoms with Gasteiger partial charge in [-0.1, -0.05) is 11.8 Å². The Morgan fingerprint density at radius 3 is 2.22 bits per heavy atom. The molecule has 0 rings (SSSR count). The summed E-state index contributed by atoms with van der Waals surface area (Å²) in [6.07, 6.45) is 0.504. The molecule has 9 heavy (non-hydrogen) atoms. The molecule has 0 heterocycles. The molecule has 0 aromatic heterocycles. The largest absolute Gasteiger partial charge is 0.300 e. The van der Waals surface area contributed by atoms with E-state index in [-0.39, 0.29) is 10.9 Å². The van der Waals surface area contributed by atoms with Gasteiger partial charge in [0.2, 0.25) is 0 Å². The van der Waals surface area contributed by atoms with Crippen LogP contribution in [0.5, 0.6) is 0 Å². The van der Waals surface area contributed by atoms with Gasteiger partial charge in [-0.25, -0.2) is 0 Å². The van der Waals surface area contributed by atoms with Crippen molar-refractivity contribution in [2.75, 3.05) is 5.75 Å². The summed E-state index contributed by atoms with van der Waals surface area (Å²) in [6.45, 7) is 3.03. The van der Waals surface area contributed by atoms with Crippen molar-refractivity contribution in [3.8, 4) is 0 Å². The summed E-state index contributed by atoms with van der Waals surface area (Å²) in [7, 11) is 0. The van der Waals surface area contributed by atoms with Crippen molar-refractivity contribution < 1.29 is 9.59 Å². The number of carbonyl (C=O) groups excluding carboxylic acids is 2. The lowest BCUT2D eigenvalue weighted by molar-refractivity contribution is -0.116. The molecule has 0 unspecified atom stereocenters. The fourth-order valence-corrected chi connectivity index (χ4v) is 1.02. The SMILES string of the molecule is CC(=O)CCSC(C)=O. The molecule has 0 atom stereocenters. The molecule has 0 amide bonds. The molecule has 3 heteroatoms. The van der Waals surface area contributed by atoms with Gasteiger partial charge in [-0.15, -0.1) is 0 Å². The zero-order valence-corrected chi connectivity index (χ0v) is 6.46. The van der Waals surface area contributed by atoms with Crippen molar-refractivity contribution >= 4 is 22.7 Å². The molecule has 0 aliphatic heterocycles. The van der Waals surface area contributed by atoms with Gasteiger partial charge in [-0.2, -0.15) is 0 Å². The molecule has 0 N–H and O–H groups in total. The lowest BCUT2D eigenvalue weighted by Gasteiger charge is -1.90. The highest BCUT2D eigenvalue weighted by Gasteiger charge is 1.95. The highest BCUT2D eigenvalue weighted by atomic mass is 32.2. The van der Waals surface area contributed by atoms with E-state index in [1.54, 1.807) is 0 Å². The van der Waals surface area contributed by atoms with Crippen molar-refractivity contribution in [2.24, 2.45) is 0 Å². The summed E-state index contributed by atoms with van der Waals surface area (Å²) in [5, 5.41) is 0.0799. The maximum absolute atomic E-state index is 10.3. The van der Waals surface area contributed by atoms with Crippen LogP contribution in [0.15, 0.2) is 0 Å². The highest BCUT2D eigenvalue weighted by Crippen LogP contribution is 2.02. The Kier molecular flexibility index (Phi) is 4.40. The first-order valence-corrected chi connectivity index (χ1v) is 3.74. The normalized spacial score (nSPS) is 9.11. The van der Waals surface area contributed by atoms with E-state index in [0.29, 0.717) is 12.2 Å². The zero-order chi connectivity index (χ0) is 7.28. The molecule has 0 saturated carbocycles. The number of ketones is 1. The molecule has 2 nitrogen and oxygen atoms in total. The summed E-state index contributed by atoms with van der Waals surface area (Å²) >= 11 is 1.20. The van der Waals surface area contributed by atoms with Crippen LogP contribution in [0.3, 0.4) is 0 Å². The Balaban J connectivity index is 3.10. The lowest BCUT2D eigenvalue weighted by atomic mass is 10.4. The van der Waals surface area contributed by atoms with Crippen LogP contribution >= 0.6 is 11.8 Å². The van der Waals surface area contributed by atoms with Gasteiger partial charge >= 0.3 is 0 Å². The number of hydrogen-bond acceptors (Lipinski definition) is 3. The van der Waals surface area contributed by atoms with Gasteiger partial charge in [0.05, 0.1) is 0 Å². The van der Waals surface area contributed by atoms with Crippen molar-refractivity contribution in [3.63, 3.8) is 0 Å². The van der Waals surface area contributed by atoms with E-state index < -0.39 is 0 Å². The van der Waals surface area contributed by atoms with E-state index in [9.17, 15) is 9.59 Å². The van der Waals surface area contributed by atoms with Crippen LogP contribution in [-0.4, -0.2) is 16.7 Å². The van der Waals surface area contributed by atoms with Gasteiger partial charge in [0, 0.05) is 19.1 Å². The Morgan fingerprint density at radius 2 is 1.89 bits per heavy atom. The number of rotatable bonds is 3. The molecular formula is C6H10O2S. The lowest BCUT2D eigenvalue weighted by Crippen LogP contribution is -1.93. The molecule has 0 saturated heterocycles. The predicted octanol–water partition coefficient (Wildman–Crippen LogP) is 1.25. The minimum atomic E-state index is 0.0799. The Morgan fingerprint density at radius 1 is 1.33 bits per heavy atom. The average molecular weight is 146 g/mol. The van der Waals surface area contributed by atoms with E-state index in [0.717, 1.165) is 0 Å². The van der Waals surface area contributed by atoms with E-state index in [4.69, 9.17) is 0 Å². The van der Waals surface area contributed by atoms with Crippen LogP contribution in [0.4, 0.5) is 0 Å². The number of carbonyl (C=O) groups is 2. The second-order valence-corrected chi connectivity index (χ2v) is 3.06. The first-order valence-electron chi connectivity index (χ1n) is 2.75. The Labute approximate surface area is 59.0 Å². The van der Waals surface area contributed by atoms with E-state index in [2.05, 4.69) is 0 Å². The van der Waals surface area contributed by atoms with Crippen molar-refractivity contribution in [3.05, 3.63) is 0 Å². The summed E-state index contributed by atoms with van der Waals surface area (Å²) in [5.41, 5.74) is 0. The zero-order valence-electron chi connectivity index (χ0n) is 5.64. The van der Waals surface area contributed by atoms with Crippen LogP contribution in [0.1, 0.15) is 20.3 Å². The molecule has 0 fully saturated rings. The molecule has 0 spiro atoms. The second kappa shape index (κ2) is 4.56. The fraction of sp³-hybridized carbons (Fsp3) is 0.667. The minimum absolute atomic E-state index is 0.0799. The average Bonchev–Trinajstić information content (AvgIpc) is 1.63. The van der Waals surface area contributed by atoms with Crippen LogP contribution in [0, 0.1) is 0 Å². The topological polar surface area (TPSA) is 34.1 Å². The number of thioether (sulfide) groups is 1. The van der Waals surface area contributed by atoms with E-state index >= 15 is 0 Å². The molecule has 0 aliphatic carbocycles. The van der Waals surface area contributed by atoms with Gasteiger partial charge in [-0.05, 0) is 6.92 Å². The van der Waals surface area contributed by atoms with E-state index in [1.165, 1.54) is 25.6 Å². The first kappa shape index (κ1) is 8.69. The fourth-order valence-electron chi connectivity index (χ4n) is 0.338. The summed E-state index contributed by atoms with van der Waals surface area (Å²) in [6, 6.07) is 0. The molecule has 0 aliphatic rings. The third-order valence-electron chi connectivity index (χ3n) is 0.759. The van der Waals surface area contributed by atoms with Gasteiger partial charge in [-0.3, -0.25) is 9.59 Å². The second-order valence-electron chi connectivity index (χ2n) is 1.79. The molecular weight excluding hydrogens is 136 g/mol. The Hall–Kier alpha value is -0.310. The first-order chi connectivity index (χ1) is 4.13. The van der Waals surface area contributed by atoms with Crippen molar-refractivity contribution in [2.45, 2.75) is 20.3 Å². The third-order valence-corrected chi connectivity index (χ3v) is 1.57. The van der Waals surface area contributed by atoms with Crippen LogP contribution in [0.2, 0.25) is 0 Å². The minimum Gasteiger partial charge on any atom is -0.300 e. The van der Waals surface area contributed by atoms with Crippen LogP contribution in [-0.2, 0) is 9.59 Å². The highest BCUT2D eigenvalue weighted by molar-refractivity contribution is 8.13. The quantitative estimate of drug-likeness (QED) is 0.601. The van der Waals surface area contributed by atoms with Crippen LogP contribution < -0.4 is 0 Å². The molecule has 0 bridgehead atoms. The van der Waals surface area contributed by atoms with Crippen molar-refractivity contribution in [1.82, 2.24) is 0 Å². The number of Topliss-reactive ketones (excluding diaryl/α,β-unsaturated/α-hetero) is 1. The third kappa shape index (κ3) is 7.69. The van der Waals surface area contributed by atoms with Crippen LogP contribution in [0.25, 0.3) is 0 Å². The standard InChI is InChI=1S/C6H10O2S/c1-5(7)3-4-9-6(2)8/h3-4H2,1-2H3. The predicted molar refractivity (Wildman–Crippen MR) is 38.4 cm³/mol. The molecule has 0 aromatic carbocycles. The molecule has 0 radical (unpaired) electrons. The van der Waals surface area contributed by atoms with Crippen molar-refractivity contribution in [1.29, 1.82) is 0 Å². The van der Waals surface area contributed by atoms with E-state index in [1.807, 2.05) is 0 Å². The summed E-state index contributed by atoms with van der Waals surface area (Å²) in [5.74, 6) is 0.772. The van der Waals surface area contributed by atoms with Gasteiger partial charge in [0.15, 0.2) is 5.12 Å². The molecule has 52 valence electrons. The van der Waals surface area contributed by atoms with Gasteiger partial charge in [0.25, 0.3) is 0 Å². The van der Waals surface area contributed by atoms with Gasteiger partial charge < -0.3 is 0 Å². The Bertz CT molecular complexity index is 106.